The molecule has 160 valence electrons. The van der Waals surface area contributed by atoms with Crippen LogP contribution in [0, 0.1) is 0 Å². The van der Waals surface area contributed by atoms with Gasteiger partial charge in [0.05, 0.1) is 11.1 Å². The van der Waals surface area contributed by atoms with E-state index in [1.54, 1.807) is 27.7 Å². The third-order valence-corrected chi connectivity index (χ3v) is 8.28. The number of aromatic nitrogens is 4. The molecule has 0 spiro atoms. The van der Waals surface area contributed by atoms with Gasteiger partial charge in [-0.15, -0.1) is 21.5 Å². The largest absolute Gasteiger partial charge is 0.268 e. The number of rotatable bonds is 5. The number of aryl methyl sites for hydroxylation is 3. The van der Waals surface area contributed by atoms with Gasteiger partial charge in [0.1, 0.15) is 4.83 Å². The number of thiophene rings is 1. The molecule has 32 heavy (non-hydrogen) atoms. The van der Waals surface area contributed by atoms with Gasteiger partial charge in [0.15, 0.2) is 5.16 Å². The maximum absolute atomic E-state index is 13.8. The molecule has 0 atom stereocenters. The molecule has 3 heterocycles. The molecule has 0 fully saturated rings. The van der Waals surface area contributed by atoms with Crippen molar-refractivity contribution in [1.82, 2.24) is 19.2 Å². The van der Waals surface area contributed by atoms with Gasteiger partial charge < -0.3 is 0 Å². The molecule has 5 aromatic rings. The highest BCUT2D eigenvalue weighted by Gasteiger charge is 2.25. The Morgan fingerprint density at radius 2 is 1.69 bits per heavy atom. The predicted molar refractivity (Wildman–Crippen MR) is 131 cm³/mol. The Bertz CT molecular complexity index is 1470. The van der Waals surface area contributed by atoms with Crippen molar-refractivity contribution in [2.75, 3.05) is 5.75 Å². The maximum Gasteiger partial charge on any atom is 0.268 e. The first-order valence-corrected chi connectivity index (χ1v) is 12.8. The summed E-state index contributed by atoms with van der Waals surface area (Å²) in [5.74, 6) is 1.50. The van der Waals surface area contributed by atoms with E-state index in [1.807, 2.05) is 36.4 Å². The Morgan fingerprint density at radius 3 is 2.50 bits per heavy atom. The lowest BCUT2D eigenvalue weighted by atomic mass is 9.97. The Hall–Kier alpha value is -2.90. The van der Waals surface area contributed by atoms with E-state index in [-0.39, 0.29) is 5.56 Å². The number of benzene rings is 2. The lowest BCUT2D eigenvalue weighted by molar-refractivity contribution is 0.699. The molecule has 1 aliphatic carbocycles. The molecule has 0 saturated heterocycles. The van der Waals surface area contributed by atoms with Gasteiger partial charge >= 0.3 is 0 Å². The minimum atomic E-state index is 0.0198. The van der Waals surface area contributed by atoms with Gasteiger partial charge in [-0.1, -0.05) is 60.3 Å². The summed E-state index contributed by atoms with van der Waals surface area (Å²) < 4.78 is 3.85. The van der Waals surface area contributed by atoms with Crippen LogP contribution >= 0.6 is 23.1 Å². The standard InChI is InChI=1S/C25H22N4OS2/c30-22-21-19-13-7-8-14-20(19)32-23(21)29-24(28(22)18-11-5-2-6-12-18)26-27-25(29)31-16-15-17-9-3-1-4-10-17/h1-6,9-12H,7-8,13-16H2. The number of thioether (sulfide) groups is 1. The molecule has 7 heteroatoms. The third kappa shape index (κ3) is 3.27. The van der Waals surface area contributed by atoms with Crippen LogP contribution in [0.3, 0.4) is 0 Å². The normalized spacial score (nSPS) is 13.6. The summed E-state index contributed by atoms with van der Waals surface area (Å²) in [6, 6.07) is 20.3. The van der Waals surface area contributed by atoms with E-state index in [9.17, 15) is 4.79 Å². The van der Waals surface area contributed by atoms with E-state index in [1.165, 1.54) is 22.4 Å². The SMILES string of the molecule is O=c1c2c3c(sc2n2c(SCCc4ccccc4)nnc2n1-c1ccccc1)CCCC3. The fraction of sp³-hybridized carbons (Fsp3) is 0.240. The molecule has 0 bridgehead atoms. The second kappa shape index (κ2) is 8.22. The van der Waals surface area contributed by atoms with Crippen LogP contribution in [0.4, 0.5) is 0 Å². The van der Waals surface area contributed by atoms with Gasteiger partial charge in [0.2, 0.25) is 5.78 Å². The molecule has 2 aromatic carbocycles. The topological polar surface area (TPSA) is 52.2 Å². The predicted octanol–water partition coefficient (Wildman–Crippen LogP) is 5.31. The first-order valence-electron chi connectivity index (χ1n) is 11.0. The summed E-state index contributed by atoms with van der Waals surface area (Å²) >= 11 is 3.45. The number of hydrogen-bond donors (Lipinski definition) is 0. The monoisotopic (exact) mass is 458 g/mol. The molecule has 6 rings (SSSR count). The fourth-order valence-corrected chi connectivity index (χ4v) is 6.88. The summed E-state index contributed by atoms with van der Waals surface area (Å²) in [6.07, 6.45) is 5.32. The quantitative estimate of drug-likeness (QED) is 0.335. The Morgan fingerprint density at radius 1 is 0.938 bits per heavy atom. The van der Waals surface area contributed by atoms with Crippen LogP contribution in [0.1, 0.15) is 28.8 Å². The van der Waals surface area contributed by atoms with E-state index >= 15 is 0 Å². The molecule has 0 radical (unpaired) electrons. The lowest BCUT2D eigenvalue weighted by Crippen LogP contribution is -2.22. The highest BCUT2D eigenvalue weighted by molar-refractivity contribution is 7.99. The Balaban J connectivity index is 1.53. The highest BCUT2D eigenvalue weighted by atomic mass is 32.2. The van der Waals surface area contributed by atoms with Gasteiger partial charge in [-0.3, -0.25) is 4.79 Å². The van der Waals surface area contributed by atoms with Crippen molar-refractivity contribution < 1.29 is 0 Å². The minimum Gasteiger partial charge on any atom is -0.268 e. The van der Waals surface area contributed by atoms with Crippen molar-refractivity contribution in [3.05, 3.63) is 87.0 Å². The molecule has 5 nitrogen and oxygen atoms in total. The van der Waals surface area contributed by atoms with E-state index in [4.69, 9.17) is 0 Å². The van der Waals surface area contributed by atoms with E-state index in [0.29, 0.717) is 5.78 Å². The molecule has 0 saturated carbocycles. The summed E-state index contributed by atoms with van der Waals surface area (Å²) in [5.41, 5.74) is 3.40. The number of hydrogen-bond acceptors (Lipinski definition) is 5. The van der Waals surface area contributed by atoms with Crippen molar-refractivity contribution in [2.24, 2.45) is 0 Å². The van der Waals surface area contributed by atoms with Crippen LogP contribution in [0.5, 0.6) is 0 Å². The molecular weight excluding hydrogens is 436 g/mol. The van der Waals surface area contributed by atoms with E-state index in [0.717, 1.165) is 52.5 Å². The highest BCUT2D eigenvalue weighted by Crippen LogP contribution is 2.36. The van der Waals surface area contributed by atoms with E-state index < -0.39 is 0 Å². The van der Waals surface area contributed by atoms with Crippen LogP contribution < -0.4 is 5.56 Å². The Labute approximate surface area is 193 Å². The molecule has 0 unspecified atom stereocenters. The summed E-state index contributed by atoms with van der Waals surface area (Å²) in [4.78, 5) is 16.1. The van der Waals surface area contributed by atoms with Crippen LogP contribution in [0.25, 0.3) is 21.7 Å². The summed E-state index contributed by atoms with van der Waals surface area (Å²) in [6.45, 7) is 0. The van der Waals surface area contributed by atoms with Gasteiger partial charge in [-0.05, 0) is 55.4 Å². The van der Waals surface area contributed by atoms with Crippen molar-refractivity contribution in [2.45, 2.75) is 37.3 Å². The van der Waals surface area contributed by atoms with Crippen LogP contribution in [-0.2, 0) is 19.3 Å². The third-order valence-electron chi connectivity index (χ3n) is 6.07. The summed E-state index contributed by atoms with van der Waals surface area (Å²) in [5, 5.41) is 10.7. The van der Waals surface area contributed by atoms with Gasteiger partial charge in [-0.2, -0.15) is 0 Å². The molecule has 0 N–H and O–H groups in total. The van der Waals surface area contributed by atoms with Gasteiger partial charge in [0.25, 0.3) is 5.56 Å². The van der Waals surface area contributed by atoms with Crippen LogP contribution in [0.2, 0.25) is 0 Å². The Kier molecular flexibility index (Phi) is 5.08. The van der Waals surface area contributed by atoms with Crippen molar-refractivity contribution >= 4 is 39.1 Å². The van der Waals surface area contributed by atoms with Crippen LogP contribution in [0.15, 0.2) is 70.6 Å². The number of fused-ring (bicyclic) bond motifs is 5. The minimum absolute atomic E-state index is 0.0198. The average molecular weight is 459 g/mol. The van der Waals surface area contributed by atoms with Crippen molar-refractivity contribution in [3.8, 4) is 5.69 Å². The fourth-order valence-electron chi connectivity index (χ4n) is 4.53. The van der Waals surface area contributed by atoms with Crippen molar-refractivity contribution in [3.63, 3.8) is 0 Å². The lowest BCUT2D eigenvalue weighted by Gasteiger charge is -2.12. The molecular formula is C25H22N4OS2. The zero-order chi connectivity index (χ0) is 21.5. The zero-order valence-electron chi connectivity index (χ0n) is 17.5. The van der Waals surface area contributed by atoms with Gasteiger partial charge in [0, 0.05) is 10.6 Å². The first-order chi connectivity index (χ1) is 15.8. The molecule has 3 aromatic heterocycles. The van der Waals surface area contributed by atoms with Gasteiger partial charge in [-0.25, -0.2) is 8.97 Å². The average Bonchev–Trinajstić information content (AvgIpc) is 3.42. The van der Waals surface area contributed by atoms with Crippen molar-refractivity contribution in [1.29, 1.82) is 0 Å². The molecule has 0 amide bonds. The van der Waals surface area contributed by atoms with Crippen LogP contribution in [-0.4, -0.2) is 24.9 Å². The summed E-state index contributed by atoms with van der Waals surface area (Å²) in [7, 11) is 0. The molecule has 0 aliphatic heterocycles. The number of para-hydroxylation sites is 1. The first kappa shape index (κ1) is 19.8. The maximum atomic E-state index is 13.8. The second-order valence-corrected chi connectivity index (χ2v) is 10.2. The second-order valence-electron chi connectivity index (χ2n) is 8.07. The van der Waals surface area contributed by atoms with E-state index in [2.05, 4.69) is 38.9 Å². The smallest absolute Gasteiger partial charge is 0.268 e. The zero-order valence-corrected chi connectivity index (χ0v) is 19.2. The molecule has 1 aliphatic rings. The number of nitrogens with zero attached hydrogens (tertiary/aromatic N) is 4.